The number of nitrogens with zero attached hydrogens (tertiary/aromatic N) is 2. The summed E-state index contributed by atoms with van der Waals surface area (Å²) >= 11 is 0. The maximum absolute atomic E-state index is 4.03. The normalized spacial score (nSPS) is 16.9. The van der Waals surface area contributed by atoms with Crippen molar-refractivity contribution in [3.8, 4) is 0 Å². The van der Waals surface area contributed by atoms with Crippen LogP contribution in [0.15, 0.2) is 12.3 Å². The van der Waals surface area contributed by atoms with Crippen LogP contribution in [0, 0.1) is 0 Å². The molecule has 0 saturated carbocycles. The molecule has 0 unspecified atom stereocenters. The van der Waals surface area contributed by atoms with Gasteiger partial charge in [0.25, 0.3) is 6.20 Å². The fourth-order valence-electron chi connectivity index (χ4n) is 0.531. The maximum atomic E-state index is 4.03. The van der Waals surface area contributed by atoms with Crippen LogP contribution in [0.4, 0.5) is 0 Å². The molecule has 0 saturated heterocycles. The molecule has 0 aliphatic carbocycles. The Hall–Kier alpha value is -0.880. The van der Waals surface area contributed by atoms with Gasteiger partial charge in [0.2, 0.25) is 11.8 Å². The van der Waals surface area contributed by atoms with E-state index in [9.17, 15) is 0 Å². The first-order valence-corrected chi connectivity index (χ1v) is 2.25. The number of rotatable bonds is 0. The second kappa shape index (κ2) is 1.32. The monoisotopic (exact) mass is 96.1 g/mol. The molecule has 0 amide bonds. The molecule has 36 valence electrons. The molecule has 1 aliphatic heterocycles. The first-order valence-electron chi connectivity index (χ1n) is 2.25. The van der Waals surface area contributed by atoms with Crippen LogP contribution in [0.3, 0.4) is 0 Å². The van der Waals surface area contributed by atoms with E-state index >= 15 is 0 Å². The van der Waals surface area contributed by atoms with Crippen LogP contribution in [0.1, 0.15) is 6.92 Å². The van der Waals surface area contributed by atoms with Crippen molar-refractivity contribution in [1.82, 2.24) is 0 Å². The third-order valence-corrected chi connectivity index (χ3v) is 0.847. The van der Waals surface area contributed by atoms with Crippen LogP contribution >= 0.6 is 0 Å². The SMILES string of the molecule is CC1=[N+]=[N+](C)C=C1. The lowest BCUT2D eigenvalue weighted by molar-refractivity contribution is -0.781. The third-order valence-electron chi connectivity index (χ3n) is 0.847. The molecule has 1 heterocycles. The van der Waals surface area contributed by atoms with E-state index in [1.54, 1.807) is 4.70 Å². The number of allylic oxidation sites excluding steroid dienone is 1. The molecule has 1 rings (SSSR count). The fourth-order valence-corrected chi connectivity index (χ4v) is 0.531. The molecule has 0 aromatic carbocycles. The molecular weight excluding hydrogens is 88.1 g/mol. The highest BCUT2D eigenvalue weighted by Gasteiger charge is 2.12. The highest BCUT2D eigenvalue weighted by Crippen LogP contribution is 1.80. The van der Waals surface area contributed by atoms with Gasteiger partial charge in [0.15, 0.2) is 0 Å². The van der Waals surface area contributed by atoms with Gasteiger partial charge in [0, 0.05) is 6.92 Å². The van der Waals surface area contributed by atoms with Crippen LogP contribution in [0.5, 0.6) is 0 Å². The molecule has 0 spiro atoms. The standard InChI is InChI=1S/C5H8N2/c1-5-3-4-7(2)6-5/h3-4H,1-2H3/q+2. The van der Waals surface area contributed by atoms with E-state index in [4.69, 9.17) is 0 Å². The largest absolute Gasteiger partial charge is 0.389 e. The van der Waals surface area contributed by atoms with Crippen molar-refractivity contribution in [2.45, 2.75) is 6.92 Å². The van der Waals surface area contributed by atoms with Crippen LogP contribution in [0.2, 0.25) is 0 Å². The molecule has 0 atom stereocenters. The van der Waals surface area contributed by atoms with E-state index < -0.39 is 0 Å². The average Bonchev–Trinajstić information content (AvgIpc) is 1.87. The third kappa shape index (κ3) is 0.756. The van der Waals surface area contributed by atoms with E-state index in [-0.39, 0.29) is 0 Å². The van der Waals surface area contributed by atoms with Crippen LogP contribution < -0.4 is 0 Å². The molecule has 0 aromatic rings. The molecular formula is C5H8N2+2. The summed E-state index contributed by atoms with van der Waals surface area (Å²) in [5, 5.41) is 0. The van der Waals surface area contributed by atoms with Gasteiger partial charge in [-0.2, -0.15) is 0 Å². The minimum atomic E-state index is 1.07. The minimum absolute atomic E-state index is 1.07. The van der Waals surface area contributed by atoms with Crippen LogP contribution in [-0.2, 0) is 0 Å². The van der Waals surface area contributed by atoms with Crippen molar-refractivity contribution >= 4 is 5.71 Å². The zero-order chi connectivity index (χ0) is 5.28. The first-order chi connectivity index (χ1) is 3.29. The summed E-state index contributed by atoms with van der Waals surface area (Å²) in [5.74, 6) is 0. The molecule has 7 heavy (non-hydrogen) atoms. The Morgan fingerprint density at radius 2 is 2.43 bits per heavy atom. The molecule has 0 bridgehead atoms. The Bertz CT molecular complexity index is 155. The van der Waals surface area contributed by atoms with Crippen molar-refractivity contribution in [3.63, 3.8) is 0 Å². The van der Waals surface area contributed by atoms with Gasteiger partial charge < -0.3 is 0 Å². The highest BCUT2D eigenvalue weighted by atomic mass is 15.2. The van der Waals surface area contributed by atoms with Crippen molar-refractivity contribution in [3.05, 3.63) is 12.3 Å². The number of hydrogen-bond donors (Lipinski definition) is 0. The zero-order valence-corrected chi connectivity index (χ0v) is 4.55. The summed E-state index contributed by atoms with van der Waals surface area (Å²) in [6, 6.07) is 0. The van der Waals surface area contributed by atoms with Crippen molar-refractivity contribution in [2.75, 3.05) is 7.05 Å². The molecule has 0 N–H and O–H groups in total. The summed E-state index contributed by atoms with van der Waals surface area (Å²) in [5.41, 5.74) is 1.07. The predicted octanol–water partition coefficient (Wildman–Crippen LogP) is 0.277. The Balaban J connectivity index is 3.03. The lowest BCUT2D eigenvalue weighted by atomic mass is 10.4. The van der Waals surface area contributed by atoms with Gasteiger partial charge in [-0.3, -0.25) is 0 Å². The zero-order valence-electron chi connectivity index (χ0n) is 4.55. The summed E-state index contributed by atoms with van der Waals surface area (Å²) in [6.45, 7) is 1.97. The van der Waals surface area contributed by atoms with E-state index in [1.165, 1.54) is 0 Å². The summed E-state index contributed by atoms with van der Waals surface area (Å²) in [7, 11) is 1.91. The highest BCUT2D eigenvalue weighted by molar-refractivity contribution is 5.87. The van der Waals surface area contributed by atoms with Gasteiger partial charge in [-0.25, -0.2) is 0 Å². The summed E-state index contributed by atoms with van der Waals surface area (Å²) in [6.07, 6.45) is 3.90. The van der Waals surface area contributed by atoms with Crippen molar-refractivity contribution in [2.24, 2.45) is 0 Å². The maximum Gasteiger partial charge on any atom is 0.389 e. The summed E-state index contributed by atoms with van der Waals surface area (Å²) in [4.78, 5) is 4.03. The van der Waals surface area contributed by atoms with Gasteiger partial charge in [-0.05, 0) is 0 Å². The lowest BCUT2D eigenvalue weighted by Gasteiger charge is -1.47. The van der Waals surface area contributed by atoms with Gasteiger partial charge in [-0.1, -0.05) is 0 Å². The Morgan fingerprint density at radius 3 is 2.57 bits per heavy atom. The average molecular weight is 96.1 g/mol. The van der Waals surface area contributed by atoms with Crippen LogP contribution in [-0.4, -0.2) is 22.2 Å². The topological polar surface area (TPSA) is 17.1 Å². The van der Waals surface area contributed by atoms with E-state index in [0.717, 1.165) is 5.71 Å². The van der Waals surface area contributed by atoms with Crippen molar-refractivity contribution < 1.29 is 9.49 Å². The van der Waals surface area contributed by atoms with Crippen molar-refractivity contribution in [1.29, 1.82) is 0 Å². The van der Waals surface area contributed by atoms with E-state index in [2.05, 4.69) is 4.79 Å². The van der Waals surface area contributed by atoms with Gasteiger partial charge in [0.1, 0.15) is 10.8 Å². The second-order valence-electron chi connectivity index (χ2n) is 1.63. The smallest absolute Gasteiger partial charge is 0.0472 e. The minimum Gasteiger partial charge on any atom is 0.0472 e. The second-order valence-corrected chi connectivity index (χ2v) is 1.63. The lowest BCUT2D eigenvalue weighted by Crippen LogP contribution is -1.89. The van der Waals surface area contributed by atoms with Gasteiger partial charge in [-0.15, -0.1) is 0 Å². The van der Waals surface area contributed by atoms with E-state index in [1.807, 2.05) is 26.2 Å². The molecule has 1 aliphatic rings. The Labute approximate surface area is 42.5 Å². The molecule has 0 radical (unpaired) electrons. The molecule has 0 fully saturated rings. The quantitative estimate of drug-likeness (QED) is 0.304. The van der Waals surface area contributed by atoms with Crippen LogP contribution in [0.25, 0.3) is 0 Å². The predicted molar refractivity (Wildman–Crippen MR) is 26.3 cm³/mol. The Kier molecular flexibility index (Phi) is 0.807. The molecule has 0 aromatic heterocycles. The fraction of sp³-hybridized carbons (Fsp3) is 0.400. The Morgan fingerprint density at radius 1 is 1.71 bits per heavy atom. The van der Waals surface area contributed by atoms with E-state index in [0.29, 0.717) is 0 Å². The molecule has 2 nitrogen and oxygen atoms in total. The summed E-state index contributed by atoms with van der Waals surface area (Å²) < 4.78 is 1.79. The molecule has 2 heteroatoms. The van der Waals surface area contributed by atoms with Gasteiger partial charge in [0.05, 0.1) is 0 Å². The first kappa shape index (κ1) is 4.28. The van der Waals surface area contributed by atoms with Gasteiger partial charge >= 0.3 is 5.71 Å². The number of hydrogen-bond acceptors (Lipinski definition) is 0.